The molecule has 0 saturated heterocycles. The molecule has 3 nitrogen and oxygen atoms in total. The number of benzene rings is 2. The summed E-state index contributed by atoms with van der Waals surface area (Å²) in [6.45, 7) is 0. The predicted molar refractivity (Wildman–Crippen MR) is 87.7 cm³/mol. The lowest BCUT2D eigenvalue weighted by Gasteiger charge is -2.05. The Kier molecular flexibility index (Phi) is 4.19. The predicted octanol–water partition coefficient (Wildman–Crippen LogP) is 5.09. The quantitative estimate of drug-likeness (QED) is 0.712. The van der Waals surface area contributed by atoms with Gasteiger partial charge in [-0.05, 0) is 30.3 Å². The molecule has 3 rings (SSSR count). The van der Waals surface area contributed by atoms with Crippen molar-refractivity contribution in [3.8, 4) is 5.75 Å². The van der Waals surface area contributed by atoms with E-state index in [4.69, 9.17) is 16.3 Å². The number of thiophene rings is 1. The first-order valence-electron chi connectivity index (χ1n) is 6.52. The maximum Gasteiger partial charge on any atom is 0.267 e. The second-order valence-corrected chi connectivity index (χ2v) is 6.12. The summed E-state index contributed by atoms with van der Waals surface area (Å²) in [5.74, 6) is -1.50. The van der Waals surface area contributed by atoms with E-state index in [9.17, 15) is 13.6 Å². The third-order valence-electron chi connectivity index (χ3n) is 3.22. The van der Waals surface area contributed by atoms with Gasteiger partial charge in [0.15, 0.2) is 0 Å². The largest absolute Gasteiger partial charge is 0.497 e. The number of carbonyl (C=O) groups excluding carboxylic acids is 1. The number of nitrogens with one attached hydrogen (secondary N) is 1. The van der Waals surface area contributed by atoms with E-state index in [1.807, 2.05) is 0 Å². The minimum Gasteiger partial charge on any atom is -0.497 e. The zero-order chi connectivity index (χ0) is 16.6. The number of ether oxygens (including phenoxy) is 1. The number of amides is 1. The summed E-state index contributed by atoms with van der Waals surface area (Å²) < 4.78 is 32.5. The Bertz CT molecular complexity index is 910. The lowest BCUT2D eigenvalue weighted by molar-refractivity contribution is 0.103. The van der Waals surface area contributed by atoms with E-state index in [0.717, 1.165) is 16.8 Å². The molecule has 118 valence electrons. The minimum atomic E-state index is -0.850. The number of fused-ring (bicyclic) bond motifs is 1. The highest BCUT2D eigenvalue weighted by Gasteiger charge is 2.19. The van der Waals surface area contributed by atoms with Gasteiger partial charge in [-0.3, -0.25) is 4.79 Å². The van der Waals surface area contributed by atoms with Gasteiger partial charge in [-0.15, -0.1) is 11.3 Å². The van der Waals surface area contributed by atoms with Gasteiger partial charge in [0.1, 0.15) is 22.3 Å². The second-order valence-electron chi connectivity index (χ2n) is 4.69. The smallest absolute Gasteiger partial charge is 0.267 e. The number of hydrogen-bond acceptors (Lipinski definition) is 3. The molecule has 0 radical (unpaired) electrons. The van der Waals surface area contributed by atoms with Crippen molar-refractivity contribution in [1.82, 2.24) is 0 Å². The summed E-state index contributed by atoms with van der Waals surface area (Å²) in [5.41, 5.74) is -0.109. The normalized spacial score (nSPS) is 10.8. The lowest BCUT2D eigenvalue weighted by Crippen LogP contribution is -2.12. The van der Waals surface area contributed by atoms with Crippen molar-refractivity contribution in [2.24, 2.45) is 0 Å². The molecule has 0 spiro atoms. The standard InChI is InChI=1S/C16H10ClF2NO2S/c1-22-9-3-5-13-10(7-9)14(17)15(23-13)16(21)20-12-4-2-8(18)6-11(12)19/h2-7H,1H3,(H,20,21). The van der Waals surface area contributed by atoms with Crippen molar-refractivity contribution in [2.45, 2.75) is 0 Å². The van der Waals surface area contributed by atoms with E-state index in [0.29, 0.717) is 17.2 Å². The van der Waals surface area contributed by atoms with Crippen LogP contribution in [0.5, 0.6) is 5.75 Å². The summed E-state index contributed by atoms with van der Waals surface area (Å²) in [4.78, 5) is 12.6. The van der Waals surface area contributed by atoms with E-state index in [-0.39, 0.29) is 15.6 Å². The van der Waals surface area contributed by atoms with Crippen LogP contribution in [0.4, 0.5) is 14.5 Å². The molecule has 0 fully saturated rings. The molecule has 0 atom stereocenters. The van der Waals surface area contributed by atoms with E-state index < -0.39 is 17.5 Å². The van der Waals surface area contributed by atoms with Gasteiger partial charge in [0.2, 0.25) is 0 Å². The van der Waals surface area contributed by atoms with Crippen LogP contribution in [0.2, 0.25) is 5.02 Å². The summed E-state index contributed by atoms with van der Waals surface area (Å²) in [6.07, 6.45) is 0. The van der Waals surface area contributed by atoms with Crippen LogP contribution < -0.4 is 10.1 Å². The van der Waals surface area contributed by atoms with Crippen LogP contribution in [0.15, 0.2) is 36.4 Å². The van der Waals surface area contributed by atoms with Crippen molar-refractivity contribution in [2.75, 3.05) is 12.4 Å². The van der Waals surface area contributed by atoms with E-state index in [1.165, 1.54) is 18.4 Å². The van der Waals surface area contributed by atoms with Crippen molar-refractivity contribution in [3.05, 3.63) is 57.9 Å². The summed E-state index contributed by atoms with van der Waals surface area (Å²) in [5, 5.41) is 3.35. The molecule has 0 unspecified atom stereocenters. The lowest BCUT2D eigenvalue weighted by atomic mass is 10.2. The molecule has 2 aromatic carbocycles. The molecule has 1 N–H and O–H groups in total. The van der Waals surface area contributed by atoms with Crippen LogP contribution in [0.25, 0.3) is 10.1 Å². The monoisotopic (exact) mass is 353 g/mol. The van der Waals surface area contributed by atoms with Crippen LogP contribution in [0.3, 0.4) is 0 Å². The summed E-state index contributed by atoms with van der Waals surface area (Å²) >= 11 is 7.44. The molecule has 0 aliphatic heterocycles. The first kappa shape index (κ1) is 15.7. The number of rotatable bonds is 3. The zero-order valence-electron chi connectivity index (χ0n) is 11.8. The Labute approximate surface area is 139 Å². The molecular formula is C16H10ClF2NO2S. The fraction of sp³-hybridized carbons (Fsp3) is 0.0625. The van der Waals surface area contributed by atoms with E-state index >= 15 is 0 Å². The van der Waals surface area contributed by atoms with Crippen LogP contribution in [0, 0.1) is 11.6 Å². The molecule has 1 amide bonds. The molecule has 7 heteroatoms. The molecular weight excluding hydrogens is 344 g/mol. The van der Waals surface area contributed by atoms with Crippen LogP contribution >= 0.6 is 22.9 Å². The van der Waals surface area contributed by atoms with Crippen molar-refractivity contribution >= 4 is 44.6 Å². The van der Waals surface area contributed by atoms with Gasteiger partial charge < -0.3 is 10.1 Å². The third kappa shape index (κ3) is 3.00. The number of anilines is 1. The Morgan fingerprint density at radius 2 is 2.00 bits per heavy atom. The Morgan fingerprint density at radius 3 is 2.70 bits per heavy atom. The van der Waals surface area contributed by atoms with Gasteiger partial charge in [0.05, 0.1) is 17.8 Å². The maximum atomic E-state index is 13.6. The SMILES string of the molecule is COc1ccc2sc(C(=O)Nc3ccc(F)cc3F)c(Cl)c2c1. The van der Waals surface area contributed by atoms with Gasteiger partial charge in [-0.2, -0.15) is 0 Å². The average molecular weight is 354 g/mol. The third-order valence-corrected chi connectivity index (χ3v) is 4.89. The summed E-state index contributed by atoms with van der Waals surface area (Å²) in [7, 11) is 1.53. The van der Waals surface area contributed by atoms with Crippen LogP contribution in [-0.2, 0) is 0 Å². The van der Waals surface area contributed by atoms with E-state index in [2.05, 4.69) is 5.32 Å². The first-order chi connectivity index (χ1) is 11.0. The Hall–Kier alpha value is -2.18. The highest BCUT2D eigenvalue weighted by molar-refractivity contribution is 7.21. The van der Waals surface area contributed by atoms with Gasteiger partial charge in [-0.1, -0.05) is 11.6 Å². The van der Waals surface area contributed by atoms with Crippen LogP contribution in [-0.4, -0.2) is 13.0 Å². The maximum absolute atomic E-state index is 13.6. The highest BCUT2D eigenvalue weighted by Crippen LogP contribution is 2.37. The molecule has 0 saturated carbocycles. The van der Waals surface area contributed by atoms with Gasteiger partial charge in [0, 0.05) is 16.2 Å². The number of carbonyl (C=O) groups is 1. The van der Waals surface area contributed by atoms with Gasteiger partial charge in [-0.25, -0.2) is 8.78 Å². The van der Waals surface area contributed by atoms with Crippen LogP contribution in [0.1, 0.15) is 9.67 Å². The molecule has 0 aliphatic carbocycles. The minimum absolute atomic E-state index is 0.109. The molecule has 0 bridgehead atoms. The average Bonchev–Trinajstić information content (AvgIpc) is 2.86. The first-order valence-corrected chi connectivity index (χ1v) is 7.71. The number of methoxy groups -OCH3 is 1. The zero-order valence-corrected chi connectivity index (χ0v) is 13.4. The van der Waals surface area contributed by atoms with Crippen molar-refractivity contribution < 1.29 is 18.3 Å². The van der Waals surface area contributed by atoms with Gasteiger partial charge >= 0.3 is 0 Å². The second kappa shape index (κ2) is 6.14. The number of hydrogen-bond donors (Lipinski definition) is 1. The topological polar surface area (TPSA) is 38.3 Å². The number of halogens is 3. The Morgan fingerprint density at radius 1 is 1.22 bits per heavy atom. The Balaban J connectivity index is 1.96. The van der Waals surface area contributed by atoms with E-state index in [1.54, 1.807) is 18.2 Å². The van der Waals surface area contributed by atoms with Crippen molar-refractivity contribution in [1.29, 1.82) is 0 Å². The molecule has 0 aliphatic rings. The molecule has 1 aromatic heterocycles. The van der Waals surface area contributed by atoms with Crippen molar-refractivity contribution in [3.63, 3.8) is 0 Å². The summed E-state index contributed by atoms with van der Waals surface area (Å²) in [6, 6.07) is 8.20. The fourth-order valence-corrected chi connectivity index (χ4v) is 3.47. The molecule has 23 heavy (non-hydrogen) atoms. The highest BCUT2D eigenvalue weighted by atomic mass is 35.5. The molecule has 3 aromatic rings. The fourth-order valence-electron chi connectivity index (χ4n) is 2.09. The van der Waals surface area contributed by atoms with Gasteiger partial charge in [0.25, 0.3) is 5.91 Å². The molecule has 1 heterocycles.